The molecule has 1 aliphatic rings. The van der Waals surface area contributed by atoms with Crippen LogP contribution in [0.15, 0.2) is 53.4 Å². The van der Waals surface area contributed by atoms with E-state index >= 15 is 0 Å². The van der Waals surface area contributed by atoms with Crippen LogP contribution in [0.4, 0.5) is 5.69 Å². The molecule has 2 aromatic rings. The van der Waals surface area contributed by atoms with E-state index in [-0.39, 0.29) is 10.5 Å². The van der Waals surface area contributed by atoms with Gasteiger partial charge < -0.3 is 5.32 Å². The Kier molecular flexibility index (Phi) is 3.88. The Labute approximate surface area is 140 Å². The third-order valence-electron chi connectivity index (χ3n) is 3.97. The fourth-order valence-corrected chi connectivity index (χ4v) is 4.10. The van der Waals surface area contributed by atoms with E-state index in [2.05, 4.69) is 5.32 Å². The molecule has 0 aromatic heterocycles. The fourth-order valence-electron chi connectivity index (χ4n) is 2.73. The van der Waals surface area contributed by atoms with Crippen molar-refractivity contribution in [3.8, 4) is 0 Å². The zero-order valence-corrected chi connectivity index (χ0v) is 14.0. The first-order valence-corrected chi connectivity index (χ1v) is 8.75. The van der Waals surface area contributed by atoms with Crippen LogP contribution in [-0.2, 0) is 19.6 Å². The Morgan fingerprint density at radius 3 is 2.54 bits per heavy atom. The lowest BCUT2D eigenvalue weighted by atomic mass is 9.96. The Morgan fingerprint density at radius 2 is 1.83 bits per heavy atom. The summed E-state index contributed by atoms with van der Waals surface area (Å²) in [7, 11) is -2.74. The largest absolute Gasteiger partial charge is 0.325 e. The van der Waals surface area contributed by atoms with E-state index in [1.807, 2.05) is 13.0 Å². The molecule has 6 nitrogen and oxygen atoms in total. The monoisotopic (exact) mass is 344 g/mol. The molecule has 0 fully saturated rings. The number of benzene rings is 2. The lowest BCUT2D eigenvalue weighted by Gasteiger charge is -2.30. The van der Waals surface area contributed by atoms with Crippen LogP contribution in [0.1, 0.15) is 17.0 Å². The maximum absolute atomic E-state index is 12.7. The van der Waals surface area contributed by atoms with Gasteiger partial charge in [0.15, 0.2) is 0 Å². The number of amides is 2. The average molecular weight is 344 g/mol. The maximum atomic E-state index is 12.7. The van der Waals surface area contributed by atoms with Crippen molar-refractivity contribution in [2.45, 2.75) is 17.7 Å². The summed E-state index contributed by atoms with van der Waals surface area (Å²) in [6.45, 7) is 1.89. The zero-order valence-electron chi connectivity index (χ0n) is 13.2. The van der Waals surface area contributed by atoms with E-state index in [9.17, 15) is 18.0 Å². The fraction of sp³-hybridized carbons (Fsp3) is 0.176. The van der Waals surface area contributed by atoms with Crippen LogP contribution in [0, 0.1) is 6.92 Å². The van der Waals surface area contributed by atoms with Gasteiger partial charge in [0.25, 0.3) is 15.9 Å². The molecule has 7 heteroatoms. The van der Waals surface area contributed by atoms with Crippen molar-refractivity contribution in [2.24, 2.45) is 0 Å². The minimum Gasteiger partial charge on any atom is -0.325 e. The molecule has 24 heavy (non-hydrogen) atoms. The molecule has 0 saturated heterocycles. The van der Waals surface area contributed by atoms with Crippen molar-refractivity contribution in [1.29, 1.82) is 0 Å². The number of nitrogens with one attached hydrogen (secondary N) is 1. The van der Waals surface area contributed by atoms with E-state index in [1.165, 1.54) is 19.2 Å². The molecule has 2 aromatic carbocycles. The second-order valence-electron chi connectivity index (χ2n) is 5.64. The van der Waals surface area contributed by atoms with Crippen molar-refractivity contribution >= 4 is 27.5 Å². The Hall–Kier alpha value is -2.67. The minimum absolute atomic E-state index is 0.0171. The van der Waals surface area contributed by atoms with Gasteiger partial charge in [0, 0.05) is 12.7 Å². The van der Waals surface area contributed by atoms with Gasteiger partial charge in [-0.05, 0) is 36.2 Å². The lowest BCUT2D eigenvalue weighted by Crippen LogP contribution is -2.45. The number of fused-ring (bicyclic) bond motifs is 1. The molecule has 2 amide bonds. The van der Waals surface area contributed by atoms with E-state index in [1.54, 1.807) is 30.3 Å². The molecule has 3 rings (SSSR count). The summed E-state index contributed by atoms with van der Waals surface area (Å²) in [5.74, 6) is -2.52. The molecule has 0 saturated carbocycles. The maximum Gasteiger partial charge on any atom is 0.266 e. The molecule has 0 bridgehead atoms. The predicted molar refractivity (Wildman–Crippen MR) is 88.9 cm³/mol. The first-order valence-electron chi connectivity index (χ1n) is 7.31. The van der Waals surface area contributed by atoms with Gasteiger partial charge in [-0.3, -0.25) is 9.59 Å². The van der Waals surface area contributed by atoms with Crippen molar-refractivity contribution in [1.82, 2.24) is 4.31 Å². The van der Waals surface area contributed by atoms with E-state index in [0.717, 1.165) is 5.56 Å². The van der Waals surface area contributed by atoms with Gasteiger partial charge in [0.1, 0.15) is 5.92 Å². The third-order valence-corrected chi connectivity index (χ3v) is 5.80. The number of likely N-dealkylation sites (N-methyl/N-ethyl adjacent to an activating group) is 1. The Morgan fingerprint density at radius 1 is 1.12 bits per heavy atom. The van der Waals surface area contributed by atoms with Gasteiger partial charge in [0.05, 0.1) is 4.90 Å². The molecule has 124 valence electrons. The van der Waals surface area contributed by atoms with Crippen LogP contribution in [-0.4, -0.2) is 31.6 Å². The summed E-state index contributed by atoms with van der Waals surface area (Å²) in [5.41, 5.74) is 1.72. The van der Waals surface area contributed by atoms with Gasteiger partial charge in [0.2, 0.25) is 5.91 Å². The van der Waals surface area contributed by atoms with E-state index < -0.39 is 27.8 Å². The molecule has 0 spiro atoms. The number of nitrogens with zero attached hydrogens (tertiary/aromatic N) is 1. The van der Waals surface area contributed by atoms with Crippen molar-refractivity contribution < 1.29 is 18.0 Å². The number of rotatable bonds is 2. The number of hydrogen-bond acceptors (Lipinski definition) is 4. The highest BCUT2D eigenvalue weighted by molar-refractivity contribution is 7.89. The molecular formula is C17H16N2O4S. The van der Waals surface area contributed by atoms with Crippen LogP contribution in [0.3, 0.4) is 0 Å². The molecule has 1 heterocycles. The number of anilines is 1. The topological polar surface area (TPSA) is 83.6 Å². The highest BCUT2D eigenvalue weighted by atomic mass is 32.2. The summed E-state index contributed by atoms with van der Waals surface area (Å²) >= 11 is 0. The SMILES string of the molecule is Cc1cccc(NC(=O)C2C(=O)N(C)S(=O)(=O)c3ccccc32)c1. The van der Waals surface area contributed by atoms with Crippen LogP contribution in [0.25, 0.3) is 0 Å². The quantitative estimate of drug-likeness (QED) is 0.843. The highest BCUT2D eigenvalue weighted by Gasteiger charge is 2.44. The second kappa shape index (κ2) is 5.76. The van der Waals surface area contributed by atoms with Crippen LogP contribution in [0.5, 0.6) is 0 Å². The number of hydrogen-bond donors (Lipinski definition) is 1. The number of carbonyl (C=O) groups excluding carboxylic acids is 2. The summed E-state index contributed by atoms with van der Waals surface area (Å²) in [6, 6.07) is 13.2. The van der Waals surface area contributed by atoms with Gasteiger partial charge in [-0.15, -0.1) is 0 Å². The number of carbonyl (C=O) groups is 2. The summed E-state index contributed by atoms with van der Waals surface area (Å²) in [6.07, 6.45) is 0. The summed E-state index contributed by atoms with van der Waals surface area (Å²) in [4.78, 5) is 25.1. The second-order valence-corrected chi connectivity index (χ2v) is 7.58. The molecule has 1 atom stereocenters. The smallest absolute Gasteiger partial charge is 0.266 e. The normalized spacial score (nSPS) is 18.8. The van der Waals surface area contributed by atoms with E-state index in [4.69, 9.17) is 0 Å². The summed E-state index contributed by atoms with van der Waals surface area (Å²) in [5, 5.41) is 2.69. The van der Waals surface area contributed by atoms with Crippen molar-refractivity contribution in [2.75, 3.05) is 12.4 Å². The molecule has 0 radical (unpaired) electrons. The van der Waals surface area contributed by atoms with Crippen molar-refractivity contribution in [3.63, 3.8) is 0 Å². The molecular weight excluding hydrogens is 328 g/mol. The van der Waals surface area contributed by atoms with Crippen molar-refractivity contribution in [3.05, 3.63) is 59.7 Å². The predicted octanol–water partition coefficient (Wildman–Crippen LogP) is 1.88. The average Bonchev–Trinajstić information content (AvgIpc) is 2.53. The first kappa shape index (κ1) is 16.2. The van der Waals surface area contributed by atoms with Crippen LogP contribution >= 0.6 is 0 Å². The van der Waals surface area contributed by atoms with Gasteiger partial charge in [-0.25, -0.2) is 12.7 Å². The van der Waals surface area contributed by atoms with Gasteiger partial charge in [-0.1, -0.05) is 30.3 Å². The number of aryl methyl sites for hydroxylation is 1. The summed E-state index contributed by atoms with van der Waals surface area (Å²) < 4.78 is 25.4. The lowest BCUT2D eigenvalue weighted by molar-refractivity contribution is -0.132. The molecule has 1 N–H and O–H groups in total. The number of sulfonamides is 1. The zero-order chi connectivity index (χ0) is 17.5. The van der Waals surface area contributed by atoms with Crippen LogP contribution < -0.4 is 5.32 Å². The molecule has 0 aliphatic carbocycles. The van der Waals surface area contributed by atoms with Crippen LogP contribution in [0.2, 0.25) is 0 Å². The van der Waals surface area contributed by atoms with Gasteiger partial charge >= 0.3 is 0 Å². The highest BCUT2D eigenvalue weighted by Crippen LogP contribution is 2.34. The Balaban J connectivity index is 2.03. The molecule has 1 aliphatic heterocycles. The third kappa shape index (κ3) is 2.56. The van der Waals surface area contributed by atoms with Gasteiger partial charge in [-0.2, -0.15) is 0 Å². The van der Waals surface area contributed by atoms with E-state index in [0.29, 0.717) is 9.99 Å². The minimum atomic E-state index is -3.91. The standard InChI is InChI=1S/C17H16N2O4S/c1-11-6-5-7-12(10-11)18-16(20)15-13-8-3-4-9-14(13)24(22,23)19(2)17(15)21/h3-10,15H,1-2H3,(H,18,20). The Bertz CT molecular complexity index is 937. The molecule has 1 unspecified atom stereocenters. The first-order chi connectivity index (χ1) is 11.3.